The third-order valence-corrected chi connectivity index (χ3v) is 6.29. The van der Waals surface area contributed by atoms with Crippen molar-refractivity contribution in [1.82, 2.24) is 19.8 Å². The van der Waals surface area contributed by atoms with Gasteiger partial charge < -0.3 is 5.32 Å². The fourth-order valence-electron chi connectivity index (χ4n) is 2.69. The first-order chi connectivity index (χ1) is 10.5. The largest absolute Gasteiger partial charge is 0.353 e. The van der Waals surface area contributed by atoms with Crippen LogP contribution < -0.4 is 5.32 Å². The van der Waals surface area contributed by atoms with Crippen molar-refractivity contribution in [3.63, 3.8) is 0 Å². The standard InChI is InChI=1S/C15H26N4O3S/c1-10-13(11(2)18-17-10)23(21,22)19-8-6-12(7-9-19)16-14(20)15(3,4)5/h12H,6-9H2,1-5H3,(H,16,20)(H,17,18). The average molecular weight is 342 g/mol. The molecule has 130 valence electrons. The summed E-state index contributed by atoms with van der Waals surface area (Å²) in [6.07, 6.45) is 1.24. The van der Waals surface area contributed by atoms with Crippen LogP contribution in [0.25, 0.3) is 0 Å². The number of carbonyl (C=O) groups is 1. The number of nitrogens with one attached hydrogen (secondary N) is 2. The van der Waals surface area contributed by atoms with E-state index in [2.05, 4.69) is 15.5 Å². The monoisotopic (exact) mass is 342 g/mol. The molecular formula is C15H26N4O3S. The van der Waals surface area contributed by atoms with Gasteiger partial charge in [-0.1, -0.05) is 20.8 Å². The smallest absolute Gasteiger partial charge is 0.246 e. The highest BCUT2D eigenvalue weighted by molar-refractivity contribution is 7.89. The molecule has 1 saturated heterocycles. The predicted molar refractivity (Wildman–Crippen MR) is 87.4 cm³/mol. The minimum absolute atomic E-state index is 0.000306. The van der Waals surface area contributed by atoms with Crippen LogP contribution in [0.4, 0.5) is 0 Å². The van der Waals surface area contributed by atoms with Crippen LogP contribution >= 0.6 is 0 Å². The Kier molecular flexibility index (Phi) is 4.86. The molecule has 0 aliphatic carbocycles. The van der Waals surface area contributed by atoms with Gasteiger partial charge in [-0.15, -0.1) is 0 Å². The van der Waals surface area contributed by atoms with Gasteiger partial charge in [-0.05, 0) is 26.7 Å². The first-order valence-electron chi connectivity index (χ1n) is 7.86. The molecule has 0 unspecified atom stereocenters. The van der Waals surface area contributed by atoms with Crippen LogP contribution in [-0.2, 0) is 14.8 Å². The zero-order valence-corrected chi connectivity index (χ0v) is 15.2. The number of aromatic nitrogens is 2. The van der Waals surface area contributed by atoms with Crippen molar-refractivity contribution in [2.45, 2.75) is 58.4 Å². The third kappa shape index (κ3) is 3.74. The van der Waals surface area contributed by atoms with Crippen molar-refractivity contribution in [3.8, 4) is 0 Å². The van der Waals surface area contributed by atoms with Gasteiger partial charge in [0.25, 0.3) is 0 Å². The first-order valence-corrected chi connectivity index (χ1v) is 9.30. The van der Waals surface area contributed by atoms with Crippen molar-refractivity contribution in [2.75, 3.05) is 13.1 Å². The number of amides is 1. The Balaban J connectivity index is 2.03. The van der Waals surface area contributed by atoms with Gasteiger partial charge in [-0.2, -0.15) is 9.40 Å². The molecule has 0 radical (unpaired) electrons. The molecule has 7 nitrogen and oxygen atoms in total. The number of H-pyrrole nitrogens is 1. The van der Waals surface area contributed by atoms with E-state index in [0.29, 0.717) is 37.3 Å². The molecule has 1 amide bonds. The summed E-state index contributed by atoms with van der Waals surface area (Å²) in [6.45, 7) is 9.81. The molecule has 1 aliphatic rings. The number of hydrogen-bond acceptors (Lipinski definition) is 4. The zero-order chi connectivity index (χ0) is 17.4. The summed E-state index contributed by atoms with van der Waals surface area (Å²) < 4.78 is 27.0. The highest BCUT2D eigenvalue weighted by Crippen LogP contribution is 2.25. The Labute approximate surface area is 137 Å². The van der Waals surface area contributed by atoms with Gasteiger partial charge in [0.05, 0.1) is 11.4 Å². The van der Waals surface area contributed by atoms with Gasteiger partial charge in [-0.25, -0.2) is 8.42 Å². The molecule has 2 rings (SSSR count). The Bertz CT molecular complexity index is 661. The van der Waals surface area contributed by atoms with Gasteiger partial charge in [0, 0.05) is 24.5 Å². The summed E-state index contributed by atoms with van der Waals surface area (Å²) in [5.74, 6) is 0.000306. The first kappa shape index (κ1) is 17.9. The van der Waals surface area contributed by atoms with E-state index in [4.69, 9.17) is 0 Å². The fourth-order valence-corrected chi connectivity index (χ4v) is 4.49. The molecule has 1 fully saturated rings. The summed E-state index contributed by atoms with van der Waals surface area (Å²) in [6, 6.07) is 0.0275. The van der Waals surface area contributed by atoms with Gasteiger partial charge >= 0.3 is 0 Å². The van der Waals surface area contributed by atoms with E-state index in [1.165, 1.54) is 4.31 Å². The Morgan fingerprint density at radius 3 is 2.26 bits per heavy atom. The maximum Gasteiger partial charge on any atom is 0.246 e. The molecule has 1 aromatic rings. The quantitative estimate of drug-likeness (QED) is 0.866. The maximum atomic E-state index is 12.8. The molecule has 0 saturated carbocycles. The van der Waals surface area contributed by atoms with Gasteiger partial charge in [0.2, 0.25) is 15.9 Å². The summed E-state index contributed by atoms with van der Waals surface area (Å²) >= 11 is 0. The molecule has 0 bridgehead atoms. The van der Waals surface area contributed by atoms with E-state index in [0.717, 1.165) is 0 Å². The number of carbonyl (C=O) groups excluding carboxylic acids is 1. The lowest BCUT2D eigenvalue weighted by Crippen LogP contribution is -2.49. The zero-order valence-electron chi connectivity index (χ0n) is 14.4. The highest BCUT2D eigenvalue weighted by atomic mass is 32.2. The summed E-state index contributed by atoms with van der Waals surface area (Å²) in [4.78, 5) is 12.3. The number of aromatic amines is 1. The molecule has 0 spiro atoms. The van der Waals surface area contributed by atoms with Gasteiger partial charge in [0.15, 0.2) is 0 Å². The van der Waals surface area contributed by atoms with Crippen molar-refractivity contribution in [2.24, 2.45) is 5.41 Å². The van der Waals surface area contributed by atoms with E-state index in [1.54, 1.807) is 13.8 Å². The van der Waals surface area contributed by atoms with Crippen LogP contribution in [0.15, 0.2) is 4.90 Å². The highest BCUT2D eigenvalue weighted by Gasteiger charge is 2.34. The second-order valence-electron chi connectivity index (χ2n) is 7.16. The number of rotatable bonds is 3. The van der Waals surface area contributed by atoms with E-state index >= 15 is 0 Å². The Hall–Kier alpha value is -1.41. The predicted octanol–water partition coefficient (Wildman–Crippen LogP) is 1.34. The summed E-state index contributed by atoms with van der Waals surface area (Å²) in [5, 5.41) is 9.70. The van der Waals surface area contributed by atoms with E-state index in [1.807, 2.05) is 20.8 Å². The fraction of sp³-hybridized carbons (Fsp3) is 0.733. The van der Waals surface area contributed by atoms with Crippen LogP contribution in [0.3, 0.4) is 0 Å². The number of hydrogen-bond donors (Lipinski definition) is 2. The third-order valence-electron chi connectivity index (χ3n) is 4.13. The van der Waals surface area contributed by atoms with Crippen molar-refractivity contribution < 1.29 is 13.2 Å². The number of piperidine rings is 1. The van der Waals surface area contributed by atoms with Crippen LogP contribution in [0.1, 0.15) is 45.0 Å². The number of nitrogens with zero attached hydrogens (tertiary/aromatic N) is 2. The number of sulfonamides is 1. The van der Waals surface area contributed by atoms with Crippen LogP contribution in [-0.4, -0.2) is 48.0 Å². The Morgan fingerprint density at radius 1 is 1.26 bits per heavy atom. The molecular weight excluding hydrogens is 316 g/mol. The molecule has 8 heteroatoms. The van der Waals surface area contributed by atoms with Crippen molar-refractivity contribution in [1.29, 1.82) is 0 Å². The molecule has 1 aliphatic heterocycles. The lowest BCUT2D eigenvalue weighted by Gasteiger charge is -2.33. The van der Waals surface area contributed by atoms with Crippen molar-refractivity contribution >= 4 is 15.9 Å². The average Bonchev–Trinajstić information content (AvgIpc) is 2.78. The van der Waals surface area contributed by atoms with E-state index in [9.17, 15) is 13.2 Å². The molecule has 2 heterocycles. The second kappa shape index (κ2) is 6.24. The summed E-state index contributed by atoms with van der Waals surface area (Å²) in [5.41, 5.74) is 0.616. The summed E-state index contributed by atoms with van der Waals surface area (Å²) in [7, 11) is -3.53. The topological polar surface area (TPSA) is 95.2 Å². The van der Waals surface area contributed by atoms with E-state index < -0.39 is 15.4 Å². The minimum atomic E-state index is -3.53. The molecule has 0 aromatic carbocycles. The maximum absolute atomic E-state index is 12.8. The second-order valence-corrected chi connectivity index (χ2v) is 9.04. The van der Waals surface area contributed by atoms with Gasteiger partial charge in [0.1, 0.15) is 4.90 Å². The van der Waals surface area contributed by atoms with Crippen molar-refractivity contribution in [3.05, 3.63) is 11.4 Å². The minimum Gasteiger partial charge on any atom is -0.353 e. The Morgan fingerprint density at radius 2 is 1.83 bits per heavy atom. The lowest BCUT2D eigenvalue weighted by molar-refractivity contribution is -0.129. The van der Waals surface area contributed by atoms with Gasteiger partial charge in [-0.3, -0.25) is 9.89 Å². The van der Waals surface area contributed by atoms with Crippen LogP contribution in [0.5, 0.6) is 0 Å². The van der Waals surface area contributed by atoms with E-state index in [-0.39, 0.29) is 16.8 Å². The number of aryl methyl sites for hydroxylation is 2. The molecule has 2 N–H and O–H groups in total. The molecule has 23 heavy (non-hydrogen) atoms. The SMILES string of the molecule is Cc1n[nH]c(C)c1S(=O)(=O)N1CCC(NC(=O)C(C)(C)C)CC1. The molecule has 1 aromatic heterocycles. The molecule has 0 atom stereocenters. The van der Waals surface area contributed by atoms with Crippen LogP contribution in [0.2, 0.25) is 0 Å². The van der Waals surface area contributed by atoms with Crippen LogP contribution in [0, 0.1) is 19.3 Å². The normalized spacial score (nSPS) is 18.1. The lowest BCUT2D eigenvalue weighted by atomic mass is 9.94.